The number of fused-ring (bicyclic) bond motifs is 2. The zero-order valence-electron chi connectivity index (χ0n) is 12.7. The molecular formula is C17H20Cl3N3. The number of piperazine rings is 1. The van der Waals surface area contributed by atoms with Crippen LogP contribution in [0.3, 0.4) is 0 Å². The Labute approximate surface area is 154 Å². The van der Waals surface area contributed by atoms with E-state index in [4.69, 9.17) is 11.6 Å². The molecule has 2 saturated heterocycles. The quantitative estimate of drug-likeness (QED) is 0.790. The van der Waals surface area contributed by atoms with Gasteiger partial charge in [-0.2, -0.15) is 0 Å². The van der Waals surface area contributed by atoms with Crippen molar-refractivity contribution in [3.05, 3.63) is 47.6 Å². The van der Waals surface area contributed by atoms with Crippen LogP contribution in [0.4, 0.5) is 5.82 Å². The molecule has 0 N–H and O–H groups in total. The maximum atomic E-state index is 6.06. The minimum Gasteiger partial charge on any atom is -0.351 e. The molecule has 3 nitrogen and oxygen atoms in total. The highest BCUT2D eigenvalue weighted by molar-refractivity contribution is 6.30. The molecule has 2 unspecified atom stereocenters. The van der Waals surface area contributed by atoms with E-state index >= 15 is 0 Å². The summed E-state index contributed by atoms with van der Waals surface area (Å²) in [4.78, 5) is 9.70. The summed E-state index contributed by atoms with van der Waals surface area (Å²) in [6.07, 6.45) is 3.22. The molecule has 6 heteroatoms. The maximum absolute atomic E-state index is 6.06. The smallest absolute Gasteiger partial charge is 0.128 e. The van der Waals surface area contributed by atoms with Crippen LogP contribution in [0.5, 0.6) is 0 Å². The predicted octanol–water partition coefficient (Wildman–Crippen LogP) is 4.14. The van der Waals surface area contributed by atoms with Gasteiger partial charge in [-0.25, -0.2) is 4.98 Å². The number of anilines is 1. The highest BCUT2D eigenvalue weighted by Gasteiger charge is 2.32. The summed E-state index contributed by atoms with van der Waals surface area (Å²) in [6, 6.07) is 12.9. The summed E-state index contributed by atoms with van der Waals surface area (Å²) in [5, 5.41) is 0.763. The van der Waals surface area contributed by atoms with Crippen molar-refractivity contribution < 1.29 is 0 Å². The molecule has 2 atom stereocenters. The van der Waals surface area contributed by atoms with E-state index in [0.717, 1.165) is 35.1 Å². The van der Waals surface area contributed by atoms with Crippen LogP contribution in [0.15, 0.2) is 42.6 Å². The summed E-state index contributed by atoms with van der Waals surface area (Å²) in [7, 11) is 0. The molecule has 4 rings (SSSR count). The van der Waals surface area contributed by atoms with Gasteiger partial charge in [0.05, 0.1) is 0 Å². The van der Waals surface area contributed by atoms with Gasteiger partial charge in [-0.1, -0.05) is 23.7 Å². The number of aromatic nitrogens is 1. The number of benzene rings is 1. The Morgan fingerprint density at radius 1 is 1.00 bits per heavy atom. The number of halogens is 3. The van der Waals surface area contributed by atoms with E-state index in [0.29, 0.717) is 6.04 Å². The standard InChI is InChI=1S/C17H18ClN3.2ClH/c18-15-3-1-2-13(10-15)14-4-5-17(19-11-14)21-9-8-20-7-6-16(21)12-20;;/h1-5,10-11,16H,6-9,12H2;2*1H. The third-order valence-corrected chi connectivity index (χ3v) is 4.78. The molecule has 0 spiro atoms. The van der Waals surface area contributed by atoms with Crippen LogP contribution in [0, 0.1) is 0 Å². The Kier molecular flexibility index (Phi) is 6.15. The highest BCUT2D eigenvalue weighted by atomic mass is 35.5. The van der Waals surface area contributed by atoms with Gasteiger partial charge in [-0.05, 0) is 36.2 Å². The molecule has 0 radical (unpaired) electrons. The van der Waals surface area contributed by atoms with Gasteiger partial charge in [0.15, 0.2) is 0 Å². The highest BCUT2D eigenvalue weighted by Crippen LogP contribution is 2.27. The number of hydrogen-bond acceptors (Lipinski definition) is 3. The van der Waals surface area contributed by atoms with Crippen molar-refractivity contribution in [2.75, 3.05) is 31.1 Å². The summed E-state index contributed by atoms with van der Waals surface area (Å²) >= 11 is 6.06. The van der Waals surface area contributed by atoms with Crippen LogP contribution in [0.1, 0.15) is 6.42 Å². The van der Waals surface area contributed by atoms with E-state index in [9.17, 15) is 0 Å². The molecule has 3 heterocycles. The van der Waals surface area contributed by atoms with E-state index in [1.54, 1.807) is 0 Å². The van der Waals surface area contributed by atoms with E-state index in [2.05, 4.69) is 33.0 Å². The van der Waals surface area contributed by atoms with E-state index in [1.807, 2.05) is 24.4 Å². The van der Waals surface area contributed by atoms with Crippen LogP contribution >= 0.6 is 36.4 Å². The SMILES string of the molecule is Cl.Cl.Clc1cccc(-c2ccc(N3CCN4CCC3C4)nc2)c1. The first-order chi connectivity index (χ1) is 10.3. The average molecular weight is 373 g/mol. The summed E-state index contributed by atoms with van der Waals surface area (Å²) in [5.74, 6) is 1.10. The molecule has 2 aliphatic rings. The lowest BCUT2D eigenvalue weighted by Crippen LogP contribution is -2.47. The summed E-state index contributed by atoms with van der Waals surface area (Å²) < 4.78 is 0. The van der Waals surface area contributed by atoms with Crippen molar-refractivity contribution in [3.63, 3.8) is 0 Å². The molecular weight excluding hydrogens is 353 g/mol. The number of pyridine rings is 1. The zero-order valence-corrected chi connectivity index (χ0v) is 15.1. The Morgan fingerprint density at radius 3 is 2.61 bits per heavy atom. The van der Waals surface area contributed by atoms with Crippen molar-refractivity contribution >= 4 is 42.2 Å². The Balaban J connectivity index is 0.000000960. The monoisotopic (exact) mass is 371 g/mol. The molecule has 2 fully saturated rings. The number of nitrogens with zero attached hydrogens (tertiary/aromatic N) is 3. The Bertz CT molecular complexity index is 648. The third-order valence-electron chi connectivity index (χ3n) is 4.55. The van der Waals surface area contributed by atoms with Gasteiger partial charge in [0.2, 0.25) is 0 Å². The van der Waals surface area contributed by atoms with Gasteiger partial charge in [-0.3, -0.25) is 4.90 Å². The first kappa shape index (κ1) is 18.3. The fraction of sp³-hybridized carbons (Fsp3) is 0.353. The average Bonchev–Trinajstić information content (AvgIpc) is 2.89. The fourth-order valence-corrected chi connectivity index (χ4v) is 3.59. The van der Waals surface area contributed by atoms with Crippen LogP contribution < -0.4 is 4.90 Å². The van der Waals surface area contributed by atoms with Crippen LogP contribution in [0.2, 0.25) is 5.02 Å². The Hall–Kier alpha value is -1.00. The van der Waals surface area contributed by atoms with E-state index in [1.165, 1.54) is 19.5 Å². The molecule has 124 valence electrons. The van der Waals surface area contributed by atoms with Crippen LogP contribution in [-0.2, 0) is 0 Å². The number of hydrogen-bond donors (Lipinski definition) is 0. The second kappa shape index (κ2) is 7.71. The molecule has 23 heavy (non-hydrogen) atoms. The van der Waals surface area contributed by atoms with Crippen molar-refractivity contribution in [3.8, 4) is 11.1 Å². The zero-order chi connectivity index (χ0) is 14.2. The van der Waals surface area contributed by atoms with Crippen LogP contribution in [-0.4, -0.2) is 42.1 Å². The van der Waals surface area contributed by atoms with Gasteiger partial charge in [0, 0.05) is 49.0 Å². The molecule has 2 aliphatic heterocycles. The number of rotatable bonds is 2. The van der Waals surface area contributed by atoms with Gasteiger partial charge >= 0.3 is 0 Å². The molecule has 0 saturated carbocycles. The normalized spacial score (nSPS) is 22.2. The van der Waals surface area contributed by atoms with Crippen molar-refractivity contribution in [2.45, 2.75) is 12.5 Å². The minimum absolute atomic E-state index is 0. The molecule has 2 bridgehead atoms. The van der Waals surface area contributed by atoms with E-state index < -0.39 is 0 Å². The second-order valence-corrected chi connectivity index (χ2v) is 6.29. The molecule has 1 aromatic heterocycles. The lowest BCUT2D eigenvalue weighted by molar-refractivity contribution is 0.310. The summed E-state index contributed by atoms with van der Waals surface area (Å²) in [5.41, 5.74) is 2.23. The predicted molar refractivity (Wildman–Crippen MR) is 101 cm³/mol. The maximum Gasteiger partial charge on any atom is 0.128 e. The lowest BCUT2D eigenvalue weighted by atomic mass is 10.1. The third kappa shape index (κ3) is 3.74. The van der Waals surface area contributed by atoms with Crippen LogP contribution in [0.25, 0.3) is 11.1 Å². The van der Waals surface area contributed by atoms with Gasteiger partial charge in [0.1, 0.15) is 5.82 Å². The second-order valence-electron chi connectivity index (χ2n) is 5.85. The first-order valence-electron chi connectivity index (χ1n) is 7.50. The summed E-state index contributed by atoms with van der Waals surface area (Å²) in [6.45, 7) is 4.68. The molecule has 2 aromatic rings. The molecule has 0 amide bonds. The van der Waals surface area contributed by atoms with Gasteiger partial charge in [0.25, 0.3) is 0 Å². The lowest BCUT2D eigenvalue weighted by Gasteiger charge is -2.35. The fourth-order valence-electron chi connectivity index (χ4n) is 3.40. The molecule has 1 aromatic carbocycles. The van der Waals surface area contributed by atoms with Gasteiger partial charge < -0.3 is 4.90 Å². The first-order valence-corrected chi connectivity index (χ1v) is 7.88. The topological polar surface area (TPSA) is 19.4 Å². The van der Waals surface area contributed by atoms with Gasteiger partial charge in [-0.15, -0.1) is 24.8 Å². The largest absolute Gasteiger partial charge is 0.351 e. The van der Waals surface area contributed by atoms with Crippen molar-refractivity contribution in [1.29, 1.82) is 0 Å². The van der Waals surface area contributed by atoms with Crippen molar-refractivity contribution in [2.24, 2.45) is 0 Å². The Morgan fingerprint density at radius 2 is 1.87 bits per heavy atom. The molecule has 0 aliphatic carbocycles. The van der Waals surface area contributed by atoms with E-state index in [-0.39, 0.29) is 24.8 Å². The minimum atomic E-state index is 0. The van der Waals surface area contributed by atoms with Crippen molar-refractivity contribution in [1.82, 2.24) is 9.88 Å².